The minimum absolute atomic E-state index is 0.0789. The summed E-state index contributed by atoms with van der Waals surface area (Å²) < 4.78 is 12.3. The highest BCUT2D eigenvalue weighted by Gasteiger charge is 2.53. The molecule has 1 fully saturated rings. The Kier molecular flexibility index (Phi) is 6.27. The SMILES string of the molecule is CC[C@H](C[C@H](C)[C@@H]1O[C@@]1(C)/C=C/C(=O)O)O[Si](C)(C)C(C)(C)C. The molecule has 23 heavy (non-hydrogen) atoms. The standard InChI is InChI=1S/C18H34O4Si/c1-9-14(22-23(7,8)17(3,4)5)12-13(2)16-18(6,21-16)11-10-15(19)20/h10-11,13-14,16H,9,12H2,1-8H3,(H,19,20)/b11-10+/t13-,14+,16-,18-/m0/s1. The van der Waals surface area contributed by atoms with Crippen molar-refractivity contribution < 1.29 is 19.1 Å². The van der Waals surface area contributed by atoms with E-state index in [9.17, 15) is 4.79 Å². The topological polar surface area (TPSA) is 59.1 Å². The zero-order chi connectivity index (χ0) is 18.1. The molecular formula is C18H34O4Si. The van der Waals surface area contributed by atoms with Crippen molar-refractivity contribution in [1.29, 1.82) is 0 Å². The van der Waals surface area contributed by atoms with Crippen molar-refractivity contribution in [3.8, 4) is 0 Å². The number of hydrogen-bond acceptors (Lipinski definition) is 3. The molecule has 5 heteroatoms. The van der Waals surface area contributed by atoms with E-state index in [1.807, 2.05) is 6.92 Å². The van der Waals surface area contributed by atoms with Crippen molar-refractivity contribution in [2.45, 2.75) is 90.3 Å². The number of carboxylic acid groups (broad SMARTS) is 1. The molecule has 134 valence electrons. The van der Waals surface area contributed by atoms with Gasteiger partial charge in [0.2, 0.25) is 0 Å². The minimum Gasteiger partial charge on any atom is -0.478 e. The summed E-state index contributed by atoms with van der Waals surface area (Å²) in [6.45, 7) is 17.6. The summed E-state index contributed by atoms with van der Waals surface area (Å²) in [7, 11) is -1.77. The van der Waals surface area contributed by atoms with Crippen LogP contribution in [0, 0.1) is 5.92 Å². The quantitative estimate of drug-likeness (QED) is 0.397. The molecule has 1 aliphatic heterocycles. The Morgan fingerprint density at radius 1 is 1.43 bits per heavy atom. The number of carboxylic acids is 1. The van der Waals surface area contributed by atoms with Crippen LogP contribution in [0.1, 0.15) is 54.4 Å². The Hall–Kier alpha value is -0.653. The van der Waals surface area contributed by atoms with E-state index in [2.05, 4.69) is 47.7 Å². The highest BCUT2D eigenvalue weighted by Crippen LogP contribution is 2.45. The summed E-state index contributed by atoms with van der Waals surface area (Å²) in [6, 6.07) is 0. The molecule has 0 spiro atoms. The molecule has 0 radical (unpaired) electrons. The van der Waals surface area contributed by atoms with Crippen LogP contribution in [0.2, 0.25) is 18.1 Å². The van der Waals surface area contributed by atoms with Gasteiger partial charge in [-0.2, -0.15) is 0 Å². The lowest BCUT2D eigenvalue weighted by molar-refractivity contribution is -0.131. The molecule has 1 saturated heterocycles. The fourth-order valence-electron chi connectivity index (χ4n) is 2.72. The molecule has 4 nitrogen and oxygen atoms in total. The maximum atomic E-state index is 10.7. The van der Waals surface area contributed by atoms with Crippen molar-refractivity contribution in [3.05, 3.63) is 12.2 Å². The van der Waals surface area contributed by atoms with Gasteiger partial charge in [-0.15, -0.1) is 0 Å². The molecule has 0 aromatic heterocycles. The molecule has 0 aromatic rings. The first kappa shape index (κ1) is 20.4. The van der Waals surface area contributed by atoms with E-state index >= 15 is 0 Å². The van der Waals surface area contributed by atoms with E-state index in [1.54, 1.807) is 6.08 Å². The van der Waals surface area contributed by atoms with Crippen LogP contribution >= 0.6 is 0 Å². The first-order valence-corrected chi connectivity index (χ1v) is 11.5. The van der Waals surface area contributed by atoms with Crippen LogP contribution in [-0.4, -0.2) is 37.2 Å². The number of epoxide rings is 1. The minimum atomic E-state index is -1.77. The molecule has 0 aliphatic carbocycles. The van der Waals surface area contributed by atoms with Gasteiger partial charge in [-0.25, -0.2) is 4.79 Å². The zero-order valence-corrected chi connectivity index (χ0v) is 17.0. The van der Waals surface area contributed by atoms with Crippen LogP contribution in [0.5, 0.6) is 0 Å². The lowest BCUT2D eigenvalue weighted by Crippen LogP contribution is -2.44. The van der Waals surface area contributed by atoms with Crippen LogP contribution in [0.25, 0.3) is 0 Å². The van der Waals surface area contributed by atoms with Gasteiger partial charge >= 0.3 is 5.97 Å². The van der Waals surface area contributed by atoms with Crippen LogP contribution in [-0.2, 0) is 14.0 Å². The van der Waals surface area contributed by atoms with Gasteiger partial charge in [0, 0.05) is 12.2 Å². The molecule has 0 amide bonds. The smallest absolute Gasteiger partial charge is 0.328 e. The summed E-state index contributed by atoms with van der Waals surface area (Å²) in [5.74, 6) is -0.589. The first-order valence-electron chi connectivity index (χ1n) is 8.60. The Morgan fingerprint density at radius 2 is 2.00 bits per heavy atom. The number of carbonyl (C=O) groups is 1. The molecule has 0 aromatic carbocycles. The van der Waals surface area contributed by atoms with E-state index in [0.29, 0.717) is 5.92 Å². The third kappa shape index (κ3) is 5.43. The highest BCUT2D eigenvalue weighted by atomic mass is 28.4. The third-order valence-corrected chi connectivity index (χ3v) is 9.85. The number of aliphatic carboxylic acids is 1. The van der Waals surface area contributed by atoms with Gasteiger partial charge < -0.3 is 14.3 Å². The summed E-state index contributed by atoms with van der Waals surface area (Å²) in [5.41, 5.74) is -0.437. The Morgan fingerprint density at radius 3 is 2.43 bits per heavy atom. The lowest BCUT2D eigenvalue weighted by atomic mass is 9.92. The molecule has 1 aliphatic rings. The maximum absolute atomic E-state index is 10.7. The second kappa shape index (κ2) is 7.07. The Bertz CT molecular complexity index is 452. The van der Waals surface area contributed by atoms with Gasteiger partial charge in [-0.3, -0.25) is 0 Å². The molecule has 1 N–H and O–H groups in total. The monoisotopic (exact) mass is 342 g/mol. The van der Waals surface area contributed by atoms with E-state index in [4.69, 9.17) is 14.3 Å². The van der Waals surface area contributed by atoms with Gasteiger partial charge in [0.25, 0.3) is 0 Å². The fraction of sp³-hybridized carbons (Fsp3) is 0.833. The molecule has 1 rings (SSSR count). The van der Waals surface area contributed by atoms with Gasteiger partial charge in [0.1, 0.15) is 5.60 Å². The maximum Gasteiger partial charge on any atom is 0.328 e. The second-order valence-corrected chi connectivity index (χ2v) is 13.3. The van der Waals surface area contributed by atoms with Crippen molar-refractivity contribution >= 4 is 14.3 Å². The lowest BCUT2D eigenvalue weighted by Gasteiger charge is -2.39. The summed E-state index contributed by atoms with van der Waals surface area (Å²) in [5, 5.41) is 8.97. The van der Waals surface area contributed by atoms with Crippen LogP contribution in [0.4, 0.5) is 0 Å². The molecule has 0 bridgehead atoms. The van der Waals surface area contributed by atoms with Gasteiger partial charge in [-0.05, 0) is 49.9 Å². The van der Waals surface area contributed by atoms with Crippen LogP contribution in [0.15, 0.2) is 12.2 Å². The van der Waals surface area contributed by atoms with Crippen molar-refractivity contribution in [2.75, 3.05) is 0 Å². The van der Waals surface area contributed by atoms with Gasteiger partial charge in [0.05, 0.1) is 6.10 Å². The summed E-state index contributed by atoms with van der Waals surface area (Å²) in [4.78, 5) is 10.7. The second-order valence-electron chi connectivity index (χ2n) is 8.52. The molecule has 4 atom stereocenters. The average Bonchev–Trinajstić information content (AvgIpc) is 3.07. The Labute approximate surface area is 142 Å². The fourth-order valence-corrected chi connectivity index (χ4v) is 4.17. The zero-order valence-electron chi connectivity index (χ0n) is 16.0. The van der Waals surface area contributed by atoms with Crippen LogP contribution in [0.3, 0.4) is 0 Å². The largest absolute Gasteiger partial charge is 0.478 e. The van der Waals surface area contributed by atoms with Crippen molar-refractivity contribution in [2.24, 2.45) is 5.92 Å². The number of hydrogen-bond donors (Lipinski definition) is 1. The van der Waals surface area contributed by atoms with Gasteiger partial charge in [0.15, 0.2) is 8.32 Å². The van der Waals surface area contributed by atoms with E-state index in [0.717, 1.165) is 12.8 Å². The first-order chi connectivity index (χ1) is 10.3. The normalized spacial score (nSPS) is 27.9. The predicted molar refractivity (Wildman–Crippen MR) is 96.2 cm³/mol. The van der Waals surface area contributed by atoms with E-state index < -0.39 is 19.9 Å². The molecular weight excluding hydrogens is 308 g/mol. The van der Waals surface area contributed by atoms with Crippen molar-refractivity contribution in [1.82, 2.24) is 0 Å². The highest BCUT2D eigenvalue weighted by molar-refractivity contribution is 6.74. The average molecular weight is 343 g/mol. The molecule has 0 unspecified atom stereocenters. The number of rotatable bonds is 8. The van der Waals surface area contributed by atoms with Crippen molar-refractivity contribution in [3.63, 3.8) is 0 Å². The Balaban J connectivity index is 2.62. The summed E-state index contributed by atoms with van der Waals surface area (Å²) >= 11 is 0. The van der Waals surface area contributed by atoms with Crippen LogP contribution < -0.4 is 0 Å². The molecule has 1 heterocycles. The van der Waals surface area contributed by atoms with E-state index in [-0.39, 0.29) is 17.2 Å². The van der Waals surface area contributed by atoms with Gasteiger partial charge in [-0.1, -0.05) is 34.6 Å². The molecule has 0 saturated carbocycles. The third-order valence-electron chi connectivity index (χ3n) is 5.32. The number of ether oxygens (including phenoxy) is 1. The summed E-state index contributed by atoms with van der Waals surface area (Å²) in [6.07, 6.45) is 5.09. The predicted octanol–water partition coefficient (Wildman–Crippen LogP) is 4.61. The van der Waals surface area contributed by atoms with E-state index in [1.165, 1.54) is 6.08 Å².